The molecule has 0 atom stereocenters. The highest BCUT2D eigenvalue weighted by atomic mass is 79.9. The highest BCUT2D eigenvalue weighted by Crippen LogP contribution is 2.34. The molecule has 6 nitrogen and oxygen atoms in total. The number of sulfonamides is 1. The molecular formula is C22H19BrN2O4S. The first-order valence-electron chi connectivity index (χ1n) is 9.26. The van der Waals surface area contributed by atoms with E-state index in [1.807, 2.05) is 24.3 Å². The lowest BCUT2D eigenvalue weighted by molar-refractivity contribution is 0.102. The van der Waals surface area contributed by atoms with Gasteiger partial charge in [-0.3, -0.25) is 9.10 Å². The van der Waals surface area contributed by atoms with E-state index >= 15 is 0 Å². The van der Waals surface area contributed by atoms with Crippen LogP contribution >= 0.6 is 15.9 Å². The smallest absolute Gasteiger partial charge is 0.264 e. The van der Waals surface area contributed by atoms with Crippen LogP contribution in [0.4, 0.5) is 11.4 Å². The van der Waals surface area contributed by atoms with Crippen molar-refractivity contribution in [1.29, 1.82) is 0 Å². The van der Waals surface area contributed by atoms with Gasteiger partial charge in [-0.2, -0.15) is 0 Å². The molecule has 0 spiro atoms. The zero-order chi connectivity index (χ0) is 21.3. The topological polar surface area (TPSA) is 75.7 Å². The monoisotopic (exact) mass is 486 g/mol. The van der Waals surface area contributed by atoms with Crippen LogP contribution in [0.15, 0.2) is 76.1 Å². The Kier molecular flexibility index (Phi) is 5.53. The van der Waals surface area contributed by atoms with Gasteiger partial charge in [-0.25, -0.2) is 8.42 Å². The van der Waals surface area contributed by atoms with Crippen molar-refractivity contribution >= 4 is 43.2 Å². The lowest BCUT2D eigenvalue weighted by Crippen LogP contribution is -2.29. The van der Waals surface area contributed by atoms with Crippen LogP contribution in [0.5, 0.6) is 5.75 Å². The van der Waals surface area contributed by atoms with Crippen molar-refractivity contribution in [3.8, 4) is 5.75 Å². The van der Waals surface area contributed by atoms with Crippen LogP contribution in [0.1, 0.15) is 15.9 Å². The van der Waals surface area contributed by atoms with Crippen molar-refractivity contribution in [3.63, 3.8) is 0 Å². The number of carbonyl (C=O) groups excluding carboxylic acids is 1. The van der Waals surface area contributed by atoms with Crippen molar-refractivity contribution in [1.82, 2.24) is 0 Å². The molecule has 1 heterocycles. The zero-order valence-corrected chi connectivity index (χ0v) is 18.5. The van der Waals surface area contributed by atoms with Crippen molar-refractivity contribution in [2.24, 2.45) is 0 Å². The molecule has 1 aliphatic rings. The number of nitrogens with zero attached hydrogens (tertiary/aromatic N) is 1. The third-order valence-electron chi connectivity index (χ3n) is 4.93. The first kappa shape index (κ1) is 20.4. The number of para-hydroxylation sites is 1. The normalized spacial score (nSPS) is 13.1. The van der Waals surface area contributed by atoms with Crippen LogP contribution in [-0.4, -0.2) is 28.0 Å². The maximum Gasteiger partial charge on any atom is 0.264 e. The van der Waals surface area contributed by atoms with E-state index in [0.29, 0.717) is 30.1 Å². The van der Waals surface area contributed by atoms with Gasteiger partial charge in [0.25, 0.3) is 15.9 Å². The molecule has 0 saturated carbocycles. The number of amides is 1. The van der Waals surface area contributed by atoms with E-state index in [0.717, 1.165) is 10.0 Å². The summed E-state index contributed by atoms with van der Waals surface area (Å²) in [6.07, 6.45) is 0.655. The number of halogens is 1. The number of benzene rings is 3. The quantitative estimate of drug-likeness (QED) is 0.577. The molecule has 0 aliphatic carbocycles. The average molecular weight is 487 g/mol. The molecule has 8 heteroatoms. The van der Waals surface area contributed by atoms with Crippen LogP contribution in [0.3, 0.4) is 0 Å². The Bertz CT molecular complexity index is 1230. The summed E-state index contributed by atoms with van der Waals surface area (Å²) in [4.78, 5) is 12.9. The minimum atomic E-state index is -3.82. The number of rotatable bonds is 5. The number of ether oxygens (including phenoxy) is 1. The summed E-state index contributed by atoms with van der Waals surface area (Å²) in [5, 5.41) is 2.78. The number of methoxy groups -OCH3 is 1. The maximum absolute atomic E-state index is 13.3. The summed E-state index contributed by atoms with van der Waals surface area (Å²) in [6.45, 7) is 0.368. The molecule has 30 heavy (non-hydrogen) atoms. The lowest BCUT2D eigenvalue weighted by Gasteiger charge is -2.20. The first-order chi connectivity index (χ1) is 14.4. The van der Waals surface area contributed by atoms with Crippen molar-refractivity contribution < 1.29 is 17.9 Å². The summed E-state index contributed by atoms with van der Waals surface area (Å²) in [6, 6.07) is 18.9. The molecule has 1 amide bonds. The molecule has 1 aliphatic heterocycles. The van der Waals surface area contributed by atoms with Gasteiger partial charge < -0.3 is 10.1 Å². The number of hydrogen-bond donors (Lipinski definition) is 1. The highest BCUT2D eigenvalue weighted by Gasteiger charge is 2.31. The standard InChI is InChI=1S/C22H19BrN2O4S/c1-29-21-10-9-18(14-19(21)22(26)24-17-7-4-6-16(23)13-17)30(27,28)25-12-11-15-5-2-3-8-20(15)25/h2-10,13-14H,11-12H2,1H3,(H,24,26). The molecule has 3 aromatic rings. The SMILES string of the molecule is COc1ccc(S(=O)(=O)N2CCc3ccccc32)cc1C(=O)Nc1cccc(Br)c1. The molecule has 4 rings (SSSR count). The molecule has 0 fully saturated rings. The fourth-order valence-electron chi connectivity index (χ4n) is 3.47. The van der Waals surface area contributed by atoms with E-state index in [1.165, 1.54) is 29.6 Å². The molecule has 0 radical (unpaired) electrons. The second-order valence-electron chi connectivity index (χ2n) is 6.78. The van der Waals surface area contributed by atoms with E-state index in [9.17, 15) is 13.2 Å². The van der Waals surface area contributed by atoms with Gasteiger partial charge in [0.15, 0.2) is 0 Å². The average Bonchev–Trinajstić information content (AvgIpc) is 3.18. The third kappa shape index (κ3) is 3.80. The van der Waals surface area contributed by atoms with Crippen LogP contribution in [0, 0.1) is 0 Å². The van der Waals surface area contributed by atoms with Gasteiger partial charge in [0.2, 0.25) is 0 Å². The minimum absolute atomic E-state index is 0.0411. The van der Waals surface area contributed by atoms with Crippen molar-refractivity contribution in [2.75, 3.05) is 23.3 Å². The molecule has 0 bridgehead atoms. The Labute approximate surface area is 183 Å². The Morgan fingerprint density at radius 3 is 2.63 bits per heavy atom. The summed E-state index contributed by atoms with van der Waals surface area (Å²) in [5.41, 5.74) is 2.39. The van der Waals surface area contributed by atoms with E-state index < -0.39 is 15.9 Å². The van der Waals surface area contributed by atoms with E-state index in [-0.39, 0.29) is 10.5 Å². The molecule has 1 N–H and O–H groups in total. The Morgan fingerprint density at radius 1 is 1.07 bits per heavy atom. The molecule has 3 aromatic carbocycles. The molecule has 0 saturated heterocycles. The predicted molar refractivity (Wildman–Crippen MR) is 120 cm³/mol. The molecular weight excluding hydrogens is 468 g/mol. The fourth-order valence-corrected chi connectivity index (χ4v) is 5.40. The fraction of sp³-hybridized carbons (Fsp3) is 0.136. The van der Waals surface area contributed by atoms with Crippen molar-refractivity contribution in [3.05, 3.63) is 82.3 Å². The minimum Gasteiger partial charge on any atom is -0.496 e. The van der Waals surface area contributed by atoms with Gasteiger partial charge in [0.1, 0.15) is 5.75 Å². The lowest BCUT2D eigenvalue weighted by atomic mass is 10.2. The second kappa shape index (κ2) is 8.12. The first-order valence-corrected chi connectivity index (χ1v) is 11.5. The number of nitrogens with one attached hydrogen (secondary N) is 1. The second-order valence-corrected chi connectivity index (χ2v) is 9.56. The summed E-state index contributed by atoms with van der Waals surface area (Å²) in [5.74, 6) is -0.160. The summed E-state index contributed by atoms with van der Waals surface area (Å²) >= 11 is 3.36. The van der Waals surface area contributed by atoms with Gasteiger partial charge in [-0.05, 0) is 54.4 Å². The molecule has 0 unspecified atom stereocenters. The van der Waals surface area contributed by atoms with E-state index in [4.69, 9.17) is 4.74 Å². The largest absolute Gasteiger partial charge is 0.496 e. The van der Waals surface area contributed by atoms with Gasteiger partial charge >= 0.3 is 0 Å². The van der Waals surface area contributed by atoms with E-state index in [1.54, 1.807) is 24.3 Å². The van der Waals surface area contributed by atoms with Crippen LogP contribution in [-0.2, 0) is 16.4 Å². The van der Waals surface area contributed by atoms with Gasteiger partial charge in [0.05, 0.1) is 23.3 Å². The highest BCUT2D eigenvalue weighted by molar-refractivity contribution is 9.10. The van der Waals surface area contributed by atoms with Gasteiger partial charge in [-0.1, -0.05) is 40.2 Å². The van der Waals surface area contributed by atoms with Crippen LogP contribution < -0.4 is 14.4 Å². The Hall–Kier alpha value is -2.84. The summed E-state index contributed by atoms with van der Waals surface area (Å²) in [7, 11) is -2.38. The maximum atomic E-state index is 13.3. The number of carbonyl (C=O) groups is 1. The van der Waals surface area contributed by atoms with Crippen molar-refractivity contribution in [2.45, 2.75) is 11.3 Å². The predicted octanol–water partition coefficient (Wildman–Crippen LogP) is 4.46. The zero-order valence-electron chi connectivity index (χ0n) is 16.1. The Morgan fingerprint density at radius 2 is 1.87 bits per heavy atom. The van der Waals surface area contributed by atoms with E-state index in [2.05, 4.69) is 21.2 Å². The van der Waals surface area contributed by atoms with Gasteiger partial charge in [-0.15, -0.1) is 0 Å². The van der Waals surface area contributed by atoms with Crippen LogP contribution in [0.2, 0.25) is 0 Å². The number of hydrogen-bond acceptors (Lipinski definition) is 4. The van der Waals surface area contributed by atoms with Gasteiger partial charge in [0, 0.05) is 16.7 Å². The third-order valence-corrected chi connectivity index (χ3v) is 7.23. The number of anilines is 2. The Balaban J connectivity index is 1.70. The van der Waals surface area contributed by atoms with Crippen LogP contribution in [0.25, 0.3) is 0 Å². The molecule has 0 aromatic heterocycles. The molecule has 154 valence electrons. The summed E-state index contributed by atoms with van der Waals surface area (Å²) < 4.78 is 34.1. The number of fused-ring (bicyclic) bond motifs is 1.